The van der Waals surface area contributed by atoms with Gasteiger partial charge in [-0.15, -0.1) is 0 Å². The number of nitrogens with one attached hydrogen (secondary N) is 7. The summed E-state index contributed by atoms with van der Waals surface area (Å²) in [5.41, 5.74) is 34.1. The normalized spacial score (nSPS) is 14.9. The lowest BCUT2D eigenvalue weighted by Crippen LogP contribution is -2.38. The van der Waals surface area contributed by atoms with E-state index < -0.39 is 47.7 Å². The number of ether oxygens (including phenoxy) is 4. The summed E-state index contributed by atoms with van der Waals surface area (Å²) < 4.78 is 79.6. The van der Waals surface area contributed by atoms with E-state index in [1.54, 1.807) is 137 Å². The molecule has 0 bridgehead atoms. The molecular weight excluding hydrogens is 1920 g/mol. The Morgan fingerprint density at radius 2 is 0.650 bits per heavy atom. The standard InChI is InChI=1S/2C26H27Cl2FN4O2.C25H25Cl2FN4O2.C24H25Cl2FN4O2/c1-15(23-20(27)6-7-21(29)24(23)28)35-22-12-19(14-32-25(22)30)17-2-4-18(5-3-17)26(34)33-13-16-8-10-31-11-9-16;1-15(23-20(27)8-9-21(29)24(23)28)35-22-11-19(14-32-25(22)30)17-4-6-18(7-5-17)26(34)33-13-16-3-2-10-31-12-16;1-14(22-19(26)6-7-20(28)23(22)27)34-21-10-18(13-31-24(21)29)16-2-4-17(5-3-16)25(33)32-12-15-8-9-30-11-15;1-14(21-18(25)8-9-19(27)22(21)26)33-20-12-17(13-30-23(20)28)15-4-6-16(7-5-15)24(32)31(3)11-10-29-2/h2-7,12,14-16,31H,8-11,13H2,1H3,(H2,30,32)(H,33,34);4-9,11,14-16,31H,2-3,10,12-13H2,1H3,(H2,30,32)(H,33,34);2-7,10,13-15,30H,8-9,11-12H2,1H3,(H2,29,31)(H,32,33);4-9,12-14,29H,10-11H2,1-3H3,(H2,28,30). The monoisotopic (exact) mass is 2020 g/mol. The minimum absolute atomic E-state index is 0.0612. The first kappa shape index (κ1) is 104. The molecule has 0 aliphatic carbocycles. The molecule has 15 N–H and O–H groups in total. The van der Waals surface area contributed by atoms with Crippen molar-refractivity contribution in [3.63, 3.8) is 0 Å². The Morgan fingerprint density at radius 3 is 0.927 bits per heavy atom. The molecule has 0 saturated carbocycles. The van der Waals surface area contributed by atoms with E-state index in [1.165, 1.54) is 48.5 Å². The molecule has 0 spiro atoms. The topological polar surface area (TPSA) is 348 Å². The zero-order valence-corrected chi connectivity index (χ0v) is 81.7. The number of carbonyl (C=O) groups excluding carboxylic acids is 4. The minimum Gasteiger partial charge on any atom is -0.482 e. The van der Waals surface area contributed by atoms with Crippen LogP contribution < -0.4 is 79.1 Å². The van der Waals surface area contributed by atoms with Gasteiger partial charge in [-0.05, 0) is 267 Å². The third-order valence-corrected chi connectivity index (χ3v) is 26.2. The summed E-state index contributed by atoms with van der Waals surface area (Å²) in [6.07, 6.45) is 9.28. The fraction of sp³-hybridized carbons (Fsp3) is 0.287. The highest BCUT2D eigenvalue weighted by Crippen LogP contribution is 2.43. The van der Waals surface area contributed by atoms with Crippen molar-refractivity contribution in [3.05, 3.63) is 303 Å². The van der Waals surface area contributed by atoms with Crippen LogP contribution in [0.2, 0.25) is 40.2 Å². The summed E-state index contributed by atoms with van der Waals surface area (Å²) in [6, 6.07) is 46.4. The number of benzene rings is 8. The van der Waals surface area contributed by atoms with Gasteiger partial charge in [-0.1, -0.05) is 141 Å². The lowest BCUT2D eigenvalue weighted by Gasteiger charge is -2.22. The number of halogens is 12. The van der Waals surface area contributed by atoms with Gasteiger partial charge in [-0.25, -0.2) is 37.5 Å². The van der Waals surface area contributed by atoms with Crippen molar-refractivity contribution in [1.29, 1.82) is 0 Å². The van der Waals surface area contributed by atoms with E-state index in [4.69, 9.17) is 135 Å². The summed E-state index contributed by atoms with van der Waals surface area (Å²) in [5, 5.41) is 22.8. The number of piperidine rings is 2. The van der Waals surface area contributed by atoms with Crippen molar-refractivity contribution in [3.8, 4) is 67.5 Å². The molecule has 3 saturated heterocycles. The summed E-state index contributed by atoms with van der Waals surface area (Å²) in [7, 11) is 3.60. The van der Waals surface area contributed by atoms with Crippen LogP contribution in [0.25, 0.3) is 44.5 Å². The van der Waals surface area contributed by atoms with Crippen LogP contribution in [-0.4, -0.2) is 135 Å². The van der Waals surface area contributed by atoms with Gasteiger partial charge in [0.25, 0.3) is 23.6 Å². The largest absolute Gasteiger partial charge is 0.482 e. The molecule has 137 heavy (non-hydrogen) atoms. The third kappa shape index (κ3) is 28.0. The van der Waals surface area contributed by atoms with E-state index in [9.17, 15) is 36.7 Å². The SMILES string of the molecule is CC(Oc1cc(-c2ccc(C(=O)NCC3CCCNC3)cc2)cnc1N)c1c(Cl)ccc(F)c1Cl.CC(Oc1cc(-c2ccc(C(=O)NCC3CCNC3)cc2)cnc1N)c1c(Cl)ccc(F)c1Cl.CC(Oc1cc(-c2ccc(C(=O)NCC3CCNCC3)cc2)cnc1N)c1c(Cl)ccc(F)c1Cl.CNCCN(C)C(=O)c1ccc(-c2cnc(N)c(OC(C)c3c(Cl)ccc(F)c3Cl)c2)cc1. The lowest BCUT2D eigenvalue weighted by atomic mass is 9.98. The maximum absolute atomic E-state index is 13.9. The molecule has 4 aromatic heterocycles. The number of amides is 4. The number of hydrogen-bond donors (Lipinski definition) is 11. The van der Waals surface area contributed by atoms with Gasteiger partial charge < -0.3 is 84.0 Å². The van der Waals surface area contributed by atoms with Gasteiger partial charge in [-0.3, -0.25) is 19.2 Å². The zero-order valence-electron chi connectivity index (χ0n) is 75.7. The van der Waals surface area contributed by atoms with E-state index in [-0.39, 0.29) is 72.0 Å². The molecule has 36 heteroatoms. The molecule has 4 amide bonds. The number of nitrogens with two attached hydrogens (primary N) is 4. The fourth-order valence-corrected chi connectivity index (χ4v) is 18.1. The first-order chi connectivity index (χ1) is 65.7. The average molecular weight is 2030 g/mol. The second kappa shape index (κ2) is 49.7. The Labute approximate surface area is 832 Å². The van der Waals surface area contributed by atoms with Gasteiger partial charge in [0.2, 0.25) is 0 Å². The maximum atomic E-state index is 13.9. The quantitative estimate of drug-likeness (QED) is 0.0153. The highest BCUT2D eigenvalue weighted by atomic mass is 35.5. The van der Waals surface area contributed by atoms with Gasteiger partial charge >= 0.3 is 0 Å². The minimum atomic E-state index is -0.673. The Bertz CT molecular complexity index is 6030. The number of rotatable bonds is 29. The summed E-state index contributed by atoms with van der Waals surface area (Å²) in [4.78, 5) is 68.6. The van der Waals surface area contributed by atoms with Crippen molar-refractivity contribution < 1.29 is 55.7 Å². The van der Waals surface area contributed by atoms with Crippen molar-refractivity contribution >= 4 is 140 Å². The van der Waals surface area contributed by atoms with Crippen LogP contribution in [0.5, 0.6) is 23.0 Å². The van der Waals surface area contributed by atoms with Crippen molar-refractivity contribution in [2.24, 2.45) is 17.8 Å². The summed E-state index contributed by atoms with van der Waals surface area (Å²) in [6.45, 7) is 16.0. The molecule has 0 radical (unpaired) electrons. The van der Waals surface area contributed by atoms with Gasteiger partial charge in [0, 0.05) is 151 Å². The molecule has 3 aliphatic heterocycles. The van der Waals surface area contributed by atoms with E-state index in [2.05, 4.69) is 57.2 Å². The van der Waals surface area contributed by atoms with Crippen molar-refractivity contribution in [2.45, 2.75) is 84.2 Å². The number of pyridine rings is 4. The Morgan fingerprint density at radius 1 is 0.380 bits per heavy atom. The number of carbonyl (C=O) groups is 4. The number of nitrogen functional groups attached to an aromatic ring is 4. The van der Waals surface area contributed by atoms with Crippen LogP contribution in [0.1, 0.15) is 148 Å². The van der Waals surface area contributed by atoms with Gasteiger partial charge in [0.15, 0.2) is 46.3 Å². The Kier molecular flexibility index (Phi) is 37.9. The molecule has 24 nitrogen and oxygen atoms in total. The molecule has 3 fully saturated rings. The van der Waals surface area contributed by atoms with E-state index >= 15 is 0 Å². The number of hydrogen-bond acceptors (Lipinski definition) is 20. The summed E-state index contributed by atoms with van der Waals surface area (Å²) >= 11 is 49.3. The lowest BCUT2D eigenvalue weighted by molar-refractivity contribution is 0.0795. The second-order valence-corrected chi connectivity index (χ2v) is 36.2. The highest BCUT2D eigenvalue weighted by molar-refractivity contribution is 6.38. The van der Waals surface area contributed by atoms with Crippen LogP contribution in [0.3, 0.4) is 0 Å². The van der Waals surface area contributed by atoms with Gasteiger partial charge in [-0.2, -0.15) is 0 Å². The first-order valence-electron chi connectivity index (χ1n) is 44.2. The van der Waals surface area contributed by atoms with E-state index in [0.717, 1.165) is 116 Å². The molecule has 8 aromatic carbocycles. The van der Waals surface area contributed by atoms with Crippen LogP contribution >= 0.6 is 92.8 Å². The van der Waals surface area contributed by atoms with Crippen molar-refractivity contribution in [1.82, 2.24) is 62.1 Å². The number of anilines is 4. The van der Waals surface area contributed by atoms with Crippen LogP contribution in [0.15, 0.2) is 195 Å². The fourth-order valence-electron chi connectivity index (χ4n) is 15.4. The number of aromatic nitrogens is 4. The number of nitrogens with zero attached hydrogens (tertiary/aromatic N) is 5. The molecule has 3 aliphatic rings. The van der Waals surface area contributed by atoms with E-state index in [1.807, 2.05) is 55.6 Å². The molecule has 6 atom stereocenters. The molecular formula is C101H104Cl8F4N16O8. The smallest absolute Gasteiger partial charge is 0.253 e. The van der Waals surface area contributed by atoms with Crippen LogP contribution in [0.4, 0.5) is 40.8 Å². The average Bonchev–Trinajstić information content (AvgIpc) is 1.18. The first-order valence-corrected chi connectivity index (χ1v) is 47.3. The molecule has 7 heterocycles. The molecule has 6 unspecified atom stereocenters. The molecule has 15 rings (SSSR count). The van der Waals surface area contributed by atoms with Crippen LogP contribution in [-0.2, 0) is 0 Å². The molecule has 12 aromatic rings. The van der Waals surface area contributed by atoms with Crippen molar-refractivity contribution in [2.75, 3.05) is 109 Å². The van der Waals surface area contributed by atoms with Gasteiger partial charge in [0.1, 0.15) is 47.7 Å². The maximum Gasteiger partial charge on any atom is 0.253 e. The third-order valence-electron chi connectivity index (χ3n) is 23.3. The van der Waals surface area contributed by atoms with Gasteiger partial charge in [0.05, 0.1) is 20.1 Å². The zero-order chi connectivity index (χ0) is 98.3. The van der Waals surface area contributed by atoms with E-state index in [0.29, 0.717) is 133 Å². The predicted octanol–water partition coefficient (Wildman–Crippen LogP) is 21.8. The molecule has 720 valence electrons. The predicted molar refractivity (Wildman–Crippen MR) is 538 cm³/mol. The Hall–Kier alpha value is -11.5. The number of likely N-dealkylation sites (N-methyl/N-ethyl adjacent to an activating group) is 2. The highest BCUT2D eigenvalue weighted by Gasteiger charge is 2.28. The Balaban J connectivity index is 0.000000164. The van der Waals surface area contributed by atoms with Crippen LogP contribution in [0, 0.1) is 41.0 Å². The summed E-state index contributed by atoms with van der Waals surface area (Å²) in [5.74, 6) is 0.725. The second-order valence-electron chi connectivity index (χ2n) is 33.0.